The third-order valence-electron chi connectivity index (χ3n) is 3.37. The maximum Gasteiger partial charge on any atom is 0.257 e. The number of carbonyl (C=O) groups is 1. The van der Waals surface area contributed by atoms with E-state index < -0.39 is 0 Å². The molecule has 0 unspecified atom stereocenters. The van der Waals surface area contributed by atoms with E-state index in [1.165, 1.54) is 0 Å². The van der Waals surface area contributed by atoms with Crippen molar-refractivity contribution in [1.29, 1.82) is 0 Å². The summed E-state index contributed by atoms with van der Waals surface area (Å²) < 4.78 is 5.60. The second-order valence-electron chi connectivity index (χ2n) is 6.10. The van der Waals surface area contributed by atoms with Crippen LogP contribution >= 0.6 is 23.8 Å². The molecule has 6 heteroatoms. The van der Waals surface area contributed by atoms with Gasteiger partial charge in [-0.1, -0.05) is 31.5 Å². The summed E-state index contributed by atoms with van der Waals surface area (Å²) >= 11 is 11.2. The molecule has 0 aromatic heterocycles. The highest BCUT2D eigenvalue weighted by Crippen LogP contribution is 2.20. The Morgan fingerprint density at radius 3 is 2.52 bits per heavy atom. The minimum atomic E-state index is -0.285. The van der Waals surface area contributed by atoms with Gasteiger partial charge in [-0.2, -0.15) is 0 Å². The largest absolute Gasteiger partial charge is 0.493 e. The number of anilines is 1. The Kier molecular flexibility index (Phi) is 6.79. The van der Waals surface area contributed by atoms with Crippen molar-refractivity contribution in [2.24, 2.45) is 5.92 Å². The van der Waals surface area contributed by atoms with Gasteiger partial charge in [0, 0.05) is 16.3 Å². The molecule has 132 valence electrons. The molecular weight excluding hydrogens is 356 g/mol. The van der Waals surface area contributed by atoms with Crippen LogP contribution < -0.4 is 15.4 Å². The van der Waals surface area contributed by atoms with Gasteiger partial charge >= 0.3 is 0 Å². The number of halogens is 1. The summed E-state index contributed by atoms with van der Waals surface area (Å²) in [4.78, 5) is 12.3. The Balaban J connectivity index is 1.94. The van der Waals surface area contributed by atoms with Gasteiger partial charge < -0.3 is 10.1 Å². The normalized spacial score (nSPS) is 10.4. The maximum atomic E-state index is 12.3. The van der Waals surface area contributed by atoms with Crippen LogP contribution in [0.25, 0.3) is 0 Å². The molecule has 25 heavy (non-hydrogen) atoms. The van der Waals surface area contributed by atoms with Crippen molar-refractivity contribution in [2.45, 2.75) is 20.8 Å². The minimum Gasteiger partial charge on any atom is -0.493 e. The van der Waals surface area contributed by atoms with Gasteiger partial charge in [0.1, 0.15) is 5.75 Å². The summed E-state index contributed by atoms with van der Waals surface area (Å²) in [5, 5.41) is 6.46. The highest BCUT2D eigenvalue weighted by molar-refractivity contribution is 7.80. The summed E-state index contributed by atoms with van der Waals surface area (Å²) in [6.07, 6.45) is 0. The molecule has 4 nitrogen and oxygen atoms in total. The lowest BCUT2D eigenvalue weighted by Gasteiger charge is -2.12. The molecule has 0 saturated carbocycles. The topological polar surface area (TPSA) is 50.4 Å². The number of hydrogen-bond acceptors (Lipinski definition) is 3. The molecule has 0 spiro atoms. The molecule has 0 bridgehead atoms. The molecule has 0 radical (unpaired) electrons. The summed E-state index contributed by atoms with van der Waals surface area (Å²) in [5.74, 6) is 0.898. The Hall–Kier alpha value is -2.11. The quantitative estimate of drug-likeness (QED) is 0.735. The summed E-state index contributed by atoms with van der Waals surface area (Å²) in [7, 11) is 0. The number of carbonyl (C=O) groups excluding carboxylic acids is 1. The van der Waals surface area contributed by atoms with Crippen LogP contribution in [0.4, 0.5) is 5.69 Å². The predicted octanol–water partition coefficient (Wildman–Crippen LogP) is 4.81. The number of hydrogen-bond donors (Lipinski definition) is 2. The lowest BCUT2D eigenvalue weighted by atomic mass is 10.2. The molecule has 0 fully saturated rings. The highest BCUT2D eigenvalue weighted by atomic mass is 35.5. The summed E-state index contributed by atoms with van der Waals surface area (Å²) in [6, 6.07) is 12.4. The van der Waals surface area contributed by atoms with Crippen LogP contribution in [0.15, 0.2) is 42.5 Å². The summed E-state index contributed by atoms with van der Waals surface area (Å²) in [6.45, 7) is 6.73. The Bertz CT molecular complexity index is 761. The van der Waals surface area contributed by atoms with E-state index in [-0.39, 0.29) is 11.0 Å². The predicted molar refractivity (Wildman–Crippen MR) is 107 cm³/mol. The van der Waals surface area contributed by atoms with Gasteiger partial charge in [0.15, 0.2) is 5.11 Å². The second kappa shape index (κ2) is 8.83. The van der Waals surface area contributed by atoms with Crippen molar-refractivity contribution in [3.05, 3.63) is 58.6 Å². The second-order valence-corrected chi connectivity index (χ2v) is 6.94. The first-order chi connectivity index (χ1) is 11.8. The molecule has 0 aliphatic carbocycles. The molecule has 0 atom stereocenters. The zero-order valence-corrected chi connectivity index (χ0v) is 16.0. The standard InChI is InChI=1S/C19H21ClN2O2S/c1-12(2)11-24-16-8-5-14(6-9-16)18(23)22-19(25)21-17-10-15(20)7-4-13(17)3/h4-10,12H,11H2,1-3H3,(H2,21,22,23,25). The fraction of sp³-hybridized carbons (Fsp3) is 0.263. The number of amides is 1. The number of aryl methyl sites for hydroxylation is 1. The molecule has 0 heterocycles. The van der Waals surface area contributed by atoms with E-state index in [2.05, 4.69) is 24.5 Å². The van der Waals surface area contributed by atoms with Crippen LogP contribution in [0, 0.1) is 12.8 Å². The van der Waals surface area contributed by atoms with Gasteiger partial charge in [0.2, 0.25) is 0 Å². The zero-order chi connectivity index (χ0) is 18.4. The van der Waals surface area contributed by atoms with Crippen molar-refractivity contribution in [3.63, 3.8) is 0 Å². The van der Waals surface area contributed by atoms with Crippen LogP contribution in [-0.2, 0) is 0 Å². The van der Waals surface area contributed by atoms with Gasteiger partial charge in [-0.05, 0) is 67.0 Å². The van der Waals surface area contributed by atoms with Crippen molar-refractivity contribution >= 4 is 40.5 Å². The van der Waals surface area contributed by atoms with Gasteiger partial charge in [0.25, 0.3) is 5.91 Å². The third-order valence-corrected chi connectivity index (χ3v) is 3.81. The fourth-order valence-electron chi connectivity index (χ4n) is 2.02. The average molecular weight is 377 g/mol. The van der Waals surface area contributed by atoms with Crippen molar-refractivity contribution in [3.8, 4) is 5.75 Å². The average Bonchev–Trinajstić information content (AvgIpc) is 2.56. The molecular formula is C19H21ClN2O2S. The first-order valence-corrected chi connectivity index (χ1v) is 8.75. The minimum absolute atomic E-state index is 0.218. The number of rotatable bonds is 5. The highest BCUT2D eigenvalue weighted by Gasteiger charge is 2.09. The summed E-state index contributed by atoms with van der Waals surface area (Å²) in [5.41, 5.74) is 2.24. The van der Waals surface area contributed by atoms with E-state index in [4.69, 9.17) is 28.6 Å². The van der Waals surface area contributed by atoms with Crippen molar-refractivity contribution in [1.82, 2.24) is 5.32 Å². The van der Waals surface area contributed by atoms with Crippen LogP contribution in [0.3, 0.4) is 0 Å². The van der Waals surface area contributed by atoms with Crippen molar-refractivity contribution < 1.29 is 9.53 Å². The fourth-order valence-corrected chi connectivity index (χ4v) is 2.40. The third kappa shape index (κ3) is 6.03. The van der Waals surface area contributed by atoms with Crippen LogP contribution in [0.1, 0.15) is 29.8 Å². The Morgan fingerprint density at radius 2 is 1.88 bits per heavy atom. The Morgan fingerprint density at radius 1 is 1.20 bits per heavy atom. The lowest BCUT2D eigenvalue weighted by Crippen LogP contribution is -2.34. The van der Waals surface area contributed by atoms with Gasteiger partial charge in [-0.15, -0.1) is 0 Å². The first-order valence-electron chi connectivity index (χ1n) is 7.96. The van der Waals surface area contributed by atoms with E-state index >= 15 is 0 Å². The maximum absolute atomic E-state index is 12.3. The molecule has 2 N–H and O–H groups in total. The first kappa shape index (κ1) is 19.2. The zero-order valence-electron chi connectivity index (χ0n) is 14.4. The smallest absolute Gasteiger partial charge is 0.257 e. The molecule has 2 aromatic rings. The number of thiocarbonyl (C=S) groups is 1. The van der Waals surface area contributed by atoms with E-state index in [1.807, 2.05) is 13.0 Å². The molecule has 2 aromatic carbocycles. The SMILES string of the molecule is Cc1ccc(Cl)cc1NC(=S)NC(=O)c1ccc(OCC(C)C)cc1. The molecule has 1 amide bonds. The van der Waals surface area contributed by atoms with Gasteiger partial charge in [0.05, 0.1) is 6.61 Å². The van der Waals surface area contributed by atoms with Crippen molar-refractivity contribution in [2.75, 3.05) is 11.9 Å². The number of benzene rings is 2. The van der Waals surface area contributed by atoms with Crippen LogP contribution in [0.5, 0.6) is 5.75 Å². The van der Waals surface area contributed by atoms with Gasteiger partial charge in [-0.25, -0.2) is 0 Å². The van der Waals surface area contributed by atoms with E-state index in [0.717, 1.165) is 17.0 Å². The molecule has 0 aliphatic rings. The van der Waals surface area contributed by atoms with Crippen LogP contribution in [0.2, 0.25) is 5.02 Å². The number of nitrogens with one attached hydrogen (secondary N) is 2. The monoisotopic (exact) mass is 376 g/mol. The van der Waals surface area contributed by atoms with Gasteiger partial charge in [-0.3, -0.25) is 10.1 Å². The molecule has 0 aliphatic heterocycles. The molecule has 2 rings (SSSR count). The van der Waals surface area contributed by atoms with E-state index in [9.17, 15) is 4.79 Å². The number of ether oxygens (including phenoxy) is 1. The Labute approximate surface area is 158 Å². The van der Waals surface area contributed by atoms with E-state index in [0.29, 0.717) is 23.1 Å². The van der Waals surface area contributed by atoms with Crippen LogP contribution in [-0.4, -0.2) is 17.6 Å². The molecule has 0 saturated heterocycles. The lowest BCUT2D eigenvalue weighted by molar-refractivity contribution is 0.0977. The van der Waals surface area contributed by atoms with E-state index in [1.54, 1.807) is 36.4 Å².